The van der Waals surface area contributed by atoms with Gasteiger partial charge in [-0.25, -0.2) is 0 Å². The maximum absolute atomic E-state index is 11.7. The summed E-state index contributed by atoms with van der Waals surface area (Å²) in [6.45, 7) is 1.64. The van der Waals surface area contributed by atoms with Crippen LogP contribution in [-0.2, 0) is 16.1 Å². The van der Waals surface area contributed by atoms with Crippen LogP contribution in [0.3, 0.4) is 0 Å². The molecular weight excluding hydrogens is 232 g/mol. The van der Waals surface area contributed by atoms with E-state index in [1.165, 1.54) is 11.8 Å². The highest BCUT2D eigenvalue weighted by molar-refractivity contribution is 5.96. The Balaban J connectivity index is 2.75. The Morgan fingerprint density at radius 3 is 2.72 bits per heavy atom. The molecule has 0 spiro atoms. The first-order valence-corrected chi connectivity index (χ1v) is 5.42. The van der Waals surface area contributed by atoms with Crippen molar-refractivity contribution in [3.05, 3.63) is 35.4 Å². The molecule has 1 rings (SSSR count). The fourth-order valence-corrected chi connectivity index (χ4v) is 1.53. The zero-order valence-electron chi connectivity index (χ0n) is 10.3. The molecule has 1 amide bonds. The molecule has 0 bridgehead atoms. The lowest BCUT2D eigenvalue weighted by Crippen LogP contribution is -2.34. The third-order valence-corrected chi connectivity index (χ3v) is 2.59. The van der Waals surface area contributed by atoms with Crippen LogP contribution in [0.25, 0.3) is 0 Å². The predicted octanol–water partition coefficient (Wildman–Crippen LogP) is 1.24. The van der Waals surface area contributed by atoms with Gasteiger partial charge < -0.3 is 10.0 Å². The van der Waals surface area contributed by atoms with Crippen LogP contribution in [0, 0.1) is 17.2 Å². The van der Waals surface area contributed by atoms with Gasteiger partial charge in [-0.05, 0) is 24.6 Å². The Bertz CT molecular complexity index is 505. The number of hydrogen-bond donors (Lipinski definition) is 1. The lowest BCUT2D eigenvalue weighted by atomic mass is 10.1. The number of nitriles is 1. The van der Waals surface area contributed by atoms with E-state index in [4.69, 9.17) is 10.4 Å². The molecule has 0 fully saturated rings. The first kappa shape index (κ1) is 13.7. The Labute approximate surface area is 105 Å². The molecule has 5 heteroatoms. The molecule has 1 aromatic rings. The van der Waals surface area contributed by atoms with E-state index in [0.717, 1.165) is 5.56 Å². The van der Waals surface area contributed by atoms with Gasteiger partial charge in [-0.2, -0.15) is 5.26 Å². The summed E-state index contributed by atoms with van der Waals surface area (Å²) < 4.78 is 0. The quantitative estimate of drug-likeness (QED) is 0.810. The minimum atomic E-state index is -1.14. The number of carboxylic acids is 1. The minimum absolute atomic E-state index is 0.284. The van der Waals surface area contributed by atoms with Gasteiger partial charge in [0.05, 0.1) is 11.6 Å². The second-order valence-electron chi connectivity index (χ2n) is 4.07. The van der Waals surface area contributed by atoms with E-state index in [9.17, 15) is 9.59 Å². The van der Waals surface area contributed by atoms with Gasteiger partial charge in [-0.1, -0.05) is 12.1 Å². The molecule has 18 heavy (non-hydrogen) atoms. The van der Waals surface area contributed by atoms with Crippen molar-refractivity contribution in [2.45, 2.75) is 13.5 Å². The molecule has 0 aliphatic heterocycles. The molecule has 0 heterocycles. The molecule has 5 nitrogen and oxygen atoms in total. The van der Waals surface area contributed by atoms with Gasteiger partial charge in [-0.3, -0.25) is 9.59 Å². The van der Waals surface area contributed by atoms with Crippen molar-refractivity contribution in [3.63, 3.8) is 0 Å². The standard InChI is InChI=1S/C13H14N2O3/c1-9(13(17)18)12(16)15(2)8-11-5-3-4-10(6-11)7-14/h3-6,9H,8H2,1-2H3,(H,17,18). The van der Waals surface area contributed by atoms with Crippen molar-refractivity contribution in [2.24, 2.45) is 5.92 Å². The van der Waals surface area contributed by atoms with Crippen LogP contribution >= 0.6 is 0 Å². The normalized spacial score (nSPS) is 11.4. The second-order valence-corrected chi connectivity index (χ2v) is 4.07. The zero-order chi connectivity index (χ0) is 13.7. The van der Waals surface area contributed by atoms with Gasteiger partial charge in [0.25, 0.3) is 0 Å². The molecule has 0 aliphatic carbocycles. The molecule has 0 saturated heterocycles. The number of amides is 1. The van der Waals surface area contributed by atoms with Gasteiger partial charge in [0.15, 0.2) is 0 Å². The monoisotopic (exact) mass is 246 g/mol. The number of nitrogens with zero attached hydrogens (tertiary/aromatic N) is 2. The average Bonchev–Trinajstić information content (AvgIpc) is 2.36. The molecule has 0 aliphatic rings. The first-order chi connectivity index (χ1) is 8.45. The van der Waals surface area contributed by atoms with Gasteiger partial charge in [0.2, 0.25) is 5.91 Å². The lowest BCUT2D eigenvalue weighted by molar-refractivity contribution is -0.149. The Kier molecular flexibility index (Phi) is 4.44. The number of carbonyl (C=O) groups excluding carboxylic acids is 1. The fourth-order valence-electron chi connectivity index (χ4n) is 1.53. The molecule has 0 aromatic heterocycles. The number of hydrogen-bond acceptors (Lipinski definition) is 3. The maximum atomic E-state index is 11.7. The van der Waals surface area contributed by atoms with Crippen LogP contribution in [-0.4, -0.2) is 28.9 Å². The van der Waals surface area contributed by atoms with Gasteiger partial charge >= 0.3 is 5.97 Å². The summed E-state index contributed by atoms with van der Waals surface area (Å²) in [6, 6.07) is 8.88. The van der Waals surface area contributed by atoms with Gasteiger partial charge in [-0.15, -0.1) is 0 Å². The fraction of sp³-hybridized carbons (Fsp3) is 0.308. The molecular formula is C13H14N2O3. The van der Waals surface area contributed by atoms with Crippen molar-refractivity contribution in [1.82, 2.24) is 4.90 Å². The molecule has 1 unspecified atom stereocenters. The van der Waals surface area contributed by atoms with Gasteiger partial charge in [0, 0.05) is 13.6 Å². The van der Waals surface area contributed by atoms with Crippen LogP contribution in [0.4, 0.5) is 0 Å². The zero-order valence-corrected chi connectivity index (χ0v) is 10.3. The van der Waals surface area contributed by atoms with Crippen molar-refractivity contribution in [3.8, 4) is 6.07 Å². The van der Waals surface area contributed by atoms with Crippen LogP contribution < -0.4 is 0 Å². The Hall–Kier alpha value is -2.35. The van der Waals surface area contributed by atoms with Crippen molar-refractivity contribution < 1.29 is 14.7 Å². The third-order valence-electron chi connectivity index (χ3n) is 2.59. The summed E-state index contributed by atoms with van der Waals surface area (Å²) in [6.07, 6.45) is 0. The van der Waals surface area contributed by atoms with Gasteiger partial charge in [0.1, 0.15) is 5.92 Å². The van der Waals surface area contributed by atoms with Crippen molar-refractivity contribution in [1.29, 1.82) is 5.26 Å². The SMILES string of the molecule is CC(C(=O)O)C(=O)N(C)Cc1cccc(C#N)c1. The topological polar surface area (TPSA) is 81.4 Å². The summed E-state index contributed by atoms with van der Waals surface area (Å²) in [7, 11) is 1.54. The predicted molar refractivity (Wildman–Crippen MR) is 64.4 cm³/mol. The number of carboxylic acid groups (broad SMARTS) is 1. The van der Waals surface area contributed by atoms with E-state index in [1.807, 2.05) is 6.07 Å². The number of benzene rings is 1. The molecule has 0 saturated carbocycles. The molecule has 94 valence electrons. The highest BCUT2D eigenvalue weighted by Crippen LogP contribution is 2.09. The number of carbonyl (C=O) groups is 2. The van der Waals surface area contributed by atoms with E-state index >= 15 is 0 Å². The Morgan fingerprint density at radius 2 is 2.17 bits per heavy atom. The van der Waals surface area contributed by atoms with E-state index in [-0.39, 0.29) is 6.54 Å². The summed E-state index contributed by atoms with van der Waals surface area (Å²) in [5.41, 5.74) is 1.31. The van der Waals surface area contributed by atoms with Crippen LogP contribution in [0.2, 0.25) is 0 Å². The van der Waals surface area contributed by atoms with E-state index < -0.39 is 17.8 Å². The first-order valence-electron chi connectivity index (χ1n) is 5.42. The summed E-state index contributed by atoms with van der Waals surface area (Å²) in [5.74, 6) is -2.66. The summed E-state index contributed by atoms with van der Waals surface area (Å²) >= 11 is 0. The third kappa shape index (κ3) is 3.32. The van der Waals surface area contributed by atoms with Crippen LogP contribution in [0.1, 0.15) is 18.1 Å². The Morgan fingerprint density at radius 1 is 1.50 bits per heavy atom. The van der Waals surface area contributed by atoms with Crippen LogP contribution in [0.15, 0.2) is 24.3 Å². The summed E-state index contributed by atoms with van der Waals surface area (Å²) in [4.78, 5) is 23.8. The molecule has 1 atom stereocenters. The molecule has 1 aromatic carbocycles. The van der Waals surface area contributed by atoms with E-state index in [2.05, 4.69) is 0 Å². The lowest BCUT2D eigenvalue weighted by Gasteiger charge is -2.19. The largest absolute Gasteiger partial charge is 0.481 e. The number of aliphatic carboxylic acids is 1. The van der Waals surface area contributed by atoms with E-state index in [0.29, 0.717) is 5.56 Å². The highest BCUT2D eigenvalue weighted by atomic mass is 16.4. The van der Waals surface area contributed by atoms with Crippen molar-refractivity contribution in [2.75, 3.05) is 7.05 Å². The summed E-state index contributed by atoms with van der Waals surface area (Å²) in [5, 5.41) is 17.5. The smallest absolute Gasteiger partial charge is 0.315 e. The highest BCUT2D eigenvalue weighted by Gasteiger charge is 2.23. The molecule has 1 N–H and O–H groups in total. The van der Waals surface area contributed by atoms with Crippen molar-refractivity contribution >= 4 is 11.9 Å². The van der Waals surface area contributed by atoms with Crippen LogP contribution in [0.5, 0.6) is 0 Å². The van der Waals surface area contributed by atoms with E-state index in [1.54, 1.807) is 31.3 Å². The molecule has 0 radical (unpaired) electrons. The second kappa shape index (κ2) is 5.82. The minimum Gasteiger partial charge on any atom is -0.481 e. The number of rotatable bonds is 4. The average molecular weight is 246 g/mol. The maximum Gasteiger partial charge on any atom is 0.315 e.